The van der Waals surface area contributed by atoms with Crippen LogP contribution in [0.1, 0.15) is 29.9 Å². The van der Waals surface area contributed by atoms with Crippen LogP contribution in [0.25, 0.3) is 0 Å². The van der Waals surface area contributed by atoms with Gasteiger partial charge in [0.1, 0.15) is 5.75 Å². The Hall–Kier alpha value is -4.10. The summed E-state index contributed by atoms with van der Waals surface area (Å²) in [5.74, 6) is -6.54. The standard InChI is InChI=1S/C34H28BrCl2N3O8/c1-47-18-6-3-16(4-7-18)34-22(31(43)39(33(34)45)38-25-10-5-17(36)13-24(25)37)14-21-19(8-9-20-27(21)32(44)40(46)30(20)42)28(34)15-11-23(35)29(41)26(12-15)48-2/h3-8,10-13,20-22,27-28,38,41,46H,9,14H2,1-2H3. The van der Waals surface area contributed by atoms with Gasteiger partial charge in [-0.25, -0.2) is 0 Å². The van der Waals surface area contributed by atoms with Crippen molar-refractivity contribution in [2.45, 2.75) is 24.2 Å². The largest absolute Gasteiger partial charge is 0.503 e. The smallest absolute Gasteiger partial charge is 0.260 e. The van der Waals surface area contributed by atoms with Gasteiger partial charge < -0.3 is 14.6 Å². The molecule has 0 aromatic heterocycles. The van der Waals surface area contributed by atoms with E-state index < -0.39 is 58.6 Å². The first-order chi connectivity index (χ1) is 22.9. The summed E-state index contributed by atoms with van der Waals surface area (Å²) in [5, 5.41) is 22.8. The Labute approximate surface area is 293 Å². The molecule has 11 nitrogen and oxygen atoms in total. The number of anilines is 1. The van der Waals surface area contributed by atoms with Crippen LogP contribution in [-0.4, -0.2) is 58.2 Å². The van der Waals surface area contributed by atoms with Crippen LogP contribution in [0.15, 0.2) is 70.7 Å². The molecule has 3 aromatic rings. The highest BCUT2D eigenvalue weighted by Gasteiger charge is 2.70. The van der Waals surface area contributed by atoms with Gasteiger partial charge in [-0.3, -0.25) is 29.8 Å². The van der Waals surface area contributed by atoms with E-state index >= 15 is 4.79 Å². The first-order valence-electron chi connectivity index (χ1n) is 15.0. The summed E-state index contributed by atoms with van der Waals surface area (Å²) >= 11 is 16.0. The van der Waals surface area contributed by atoms with E-state index in [4.69, 9.17) is 32.7 Å². The predicted molar refractivity (Wildman–Crippen MR) is 177 cm³/mol. The number of allylic oxidation sites excluding steroid dienone is 2. The van der Waals surface area contributed by atoms with E-state index in [2.05, 4.69) is 21.4 Å². The highest BCUT2D eigenvalue weighted by molar-refractivity contribution is 9.10. The first kappa shape index (κ1) is 32.4. The van der Waals surface area contributed by atoms with Crippen molar-refractivity contribution < 1.29 is 39.0 Å². The van der Waals surface area contributed by atoms with Gasteiger partial charge in [-0.15, -0.1) is 0 Å². The molecule has 2 aliphatic carbocycles. The minimum atomic E-state index is -1.60. The van der Waals surface area contributed by atoms with Crippen LogP contribution in [0.4, 0.5) is 5.69 Å². The van der Waals surface area contributed by atoms with E-state index in [1.807, 2.05) is 6.08 Å². The van der Waals surface area contributed by atoms with Crippen molar-refractivity contribution in [1.29, 1.82) is 0 Å². The minimum Gasteiger partial charge on any atom is -0.503 e. The molecule has 6 unspecified atom stereocenters. The zero-order valence-electron chi connectivity index (χ0n) is 25.4. The van der Waals surface area contributed by atoms with E-state index in [0.717, 1.165) is 5.01 Å². The number of nitrogens with one attached hydrogen (secondary N) is 1. The fourth-order valence-electron chi connectivity index (χ4n) is 8.12. The molecule has 14 heteroatoms. The van der Waals surface area contributed by atoms with Crippen molar-refractivity contribution in [1.82, 2.24) is 10.1 Å². The molecular formula is C34H28BrCl2N3O8. The summed E-state index contributed by atoms with van der Waals surface area (Å²) in [6.45, 7) is 0. The number of hydrazine groups is 1. The topological polar surface area (TPSA) is 146 Å². The van der Waals surface area contributed by atoms with E-state index in [1.165, 1.54) is 20.3 Å². The average molecular weight is 757 g/mol. The Morgan fingerprint density at radius 2 is 1.67 bits per heavy atom. The van der Waals surface area contributed by atoms with Gasteiger partial charge in [0.2, 0.25) is 0 Å². The molecule has 0 spiro atoms. The van der Waals surface area contributed by atoms with Crippen LogP contribution in [0, 0.1) is 23.7 Å². The number of phenolic OH excluding ortho intramolecular Hbond substituents is 1. The number of nitrogens with zero attached hydrogens (tertiary/aromatic N) is 2. The fraction of sp³-hybridized carbons (Fsp3) is 0.294. The van der Waals surface area contributed by atoms with Crippen LogP contribution >= 0.6 is 39.1 Å². The van der Waals surface area contributed by atoms with Gasteiger partial charge in [0.25, 0.3) is 23.6 Å². The van der Waals surface area contributed by atoms with Crippen molar-refractivity contribution in [2.24, 2.45) is 23.7 Å². The Morgan fingerprint density at radius 1 is 0.938 bits per heavy atom. The Bertz CT molecular complexity index is 1940. The molecule has 3 aromatic carbocycles. The molecule has 1 saturated carbocycles. The normalized spacial score (nSPS) is 27.8. The summed E-state index contributed by atoms with van der Waals surface area (Å²) in [4.78, 5) is 56.3. The molecule has 4 amide bonds. The third kappa shape index (κ3) is 4.57. The third-order valence-corrected chi connectivity index (χ3v) is 11.3. The molecule has 2 heterocycles. The molecule has 3 fully saturated rings. The van der Waals surface area contributed by atoms with E-state index in [1.54, 1.807) is 48.5 Å². The van der Waals surface area contributed by atoms with Gasteiger partial charge in [0, 0.05) is 10.9 Å². The zero-order chi connectivity index (χ0) is 34.2. The quantitative estimate of drug-likeness (QED) is 0.160. The first-order valence-corrected chi connectivity index (χ1v) is 16.6. The molecule has 0 bridgehead atoms. The third-order valence-electron chi connectivity index (χ3n) is 10.2. The van der Waals surface area contributed by atoms with E-state index in [9.17, 15) is 24.7 Å². The molecule has 2 saturated heterocycles. The SMILES string of the molecule is COc1ccc(C23C(=O)N(Nc4ccc(Cl)cc4Cl)C(=O)C2CC2C(=CCC4C(=O)N(O)C(=O)C42)C3c2cc(Br)c(O)c(OC)c2)cc1. The van der Waals surface area contributed by atoms with Gasteiger partial charge >= 0.3 is 0 Å². The predicted octanol–water partition coefficient (Wildman–Crippen LogP) is 5.85. The second-order valence-corrected chi connectivity index (χ2v) is 14.0. The Morgan fingerprint density at radius 3 is 2.33 bits per heavy atom. The Kier molecular flexibility index (Phi) is 7.97. The molecule has 7 rings (SSSR count). The van der Waals surface area contributed by atoms with Crippen LogP contribution < -0.4 is 14.9 Å². The number of imide groups is 2. The summed E-state index contributed by atoms with van der Waals surface area (Å²) in [6, 6.07) is 14.7. The fourth-order valence-corrected chi connectivity index (χ4v) is 9.03. The van der Waals surface area contributed by atoms with Crippen LogP contribution in [0.5, 0.6) is 17.2 Å². The zero-order valence-corrected chi connectivity index (χ0v) is 28.5. The Balaban J connectivity index is 1.50. The van der Waals surface area contributed by atoms with Crippen molar-refractivity contribution in [3.8, 4) is 17.2 Å². The number of benzene rings is 3. The molecule has 248 valence electrons. The number of hydroxylamine groups is 2. The lowest BCUT2D eigenvalue weighted by molar-refractivity contribution is -0.173. The van der Waals surface area contributed by atoms with Gasteiger partial charge in [0.05, 0.1) is 52.6 Å². The number of halogens is 3. The molecule has 3 N–H and O–H groups in total. The van der Waals surface area contributed by atoms with Crippen LogP contribution in [0.2, 0.25) is 10.0 Å². The van der Waals surface area contributed by atoms with Gasteiger partial charge in [0.15, 0.2) is 11.5 Å². The molecule has 2 aliphatic heterocycles. The van der Waals surface area contributed by atoms with Crippen molar-refractivity contribution >= 4 is 68.4 Å². The number of carbonyl (C=O) groups is 4. The summed E-state index contributed by atoms with van der Waals surface area (Å²) in [5.41, 5.74) is 3.27. The van der Waals surface area contributed by atoms with Gasteiger partial charge in [-0.2, -0.15) is 10.1 Å². The number of ether oxygens (including phenoxy) is 2. The average Bonchev–Trinajstić information content (AvgIpc) is 3.43. The van der Waals surface area contributed by atoms with Crippen molar-refractivity contribution in [3.63, 3.8) is 0 Å². The van der Waals surface area contributed by atoms with Crippen molar-refractivity contribution in [3.05, 3.63) is 91.9 Å². The highest BCUT2D eigenvalue weighted by atomic mass is 79.9. The number of rotatable bonds is 6. The maximum Gasteiger partial charge on any atom is 0.260 e. The molecule has 48 heavy (non-hydrogen) atoms. The number of fused-ring (bicyclic) bond motifs is 4. The van der Waals surface area contributed by atoms with Crippen molar-refractivity contribution in [2.75, 3.05) is 19.6 Å². The maximum absolute atomic E-state index is 15.2. The number of methoxy groups -OCH3 is 2. The lowest BCUT2D eigenvalue weighted by atomic mass is 9.49. The van der Waals surface area contributed by atoms with Gasteiger partial charge in [-0.05, 0) is 88.3 Å². The second-order valence-electron chi connectivity index (χ2n) is 12.3. The lowest BCUT2D eigenvalue weighted by Gasteiger charge is -2.50. The van der Waals surface area contributed by atoms with E-state index in [-0.39, 0.29) is 44.6 Å². The number of aromatic hydroxyl groups is 1. The monoisotopic (exact) mass is 755 g/mol. The molecule has 6 atom stereocenters. The number of hydrogen-bond acceptors (Lipinski definition) is 9. The van der Waals surface area contributed by atoms with Crippen LogP contribution in [-0.2, 0) is 24.6 Å². The lowest BCUT2D eigenvalue weighted by Crippen LogP contribution is -2.53. The van der Waals surface area contributed by atoms with E-state index in [0.29, 0.717) is 27.5 Å². The molecular weight excluding hydrogens is 729 g/mol. The summed E-state index contributed by atoms with van der Waals surface area (Å²) in [7, 11) is 2.91. The molecule has 0 radical (unpaired) electrons. The number of carbonyl (C=O) groups excluding carboxylic acids is 4. The maximum atomic E-state index is 15.2. The second kappa shape index (κ2) is 11.8. The van der Waals surface area contributed by atoms with Gasteiger partial charge in [-0.1, -0.05) is 47.0 Å². The molecule has 4 aliphatic rings. The summed E-state index contributed by atoms with van der Waals surface area (Å²) < 4.78 is 11.2. The van der Waals surface area contributed by atoms with Crippen LogP contribution in [0.3, 0.4) is 0 Å². The minimum absolute atomic E-state index is 0.0237. The number of hydrogen-bond donors (Lipinski definition) is 3. The number of amides is 4. The highest BCUT2D eigenvalue weighted by Crippen LogP contribution is 2.64. The number of phenols is 1. The summed E-state index contributed by atoms with van der Waals surface area (Å²) in [6.07, 6.45) is 2.01.